The highest BCUT2D eigenvalue weighted by molar-refractivity contribution is 5.80. The molecule has 25 heavy (non-hydrogen) atoms. The maximum absolute atomic E-state index is 13.6. The normalized spacial score (nSPS) is 17.9. The third-order valence-corrected chi connectivity index (χ3v) is 3.81. The first-order valence-electron chi connectivity index (χ1n) is 7.94. The number of carbonyl (C=O) groups is 1. The lowest BCUT2D eigenvalue weighted by Gasteiger charge is -2.31. The Bertz CT molecular complexity index is 726. The predicted octanol–water partition coefficient (Wildman–Crippen LogP) is 1.35. The number of benzene rings is 1. The zero-order chi connectivity index (χ0) is 17.6. The summed E-state index contributed by atoms with van der Waals surface area (Å²) in [5.41, 5.74) is 0.735. The van der Waals surface area contributed by atoms with Crippen molar-refractivity contribution < 1.29 is 18.7 Å². The topological polar surface area (TPSA) is 76.6 Å². The summed E-state index contributed by atoms with van der Waals surface area (Å²) in [7, 11) is 1.59. The van der Waals surface area contributed by atoms with Crippen LogP contribution in [0.15, 0.2) is 36.7 Å². The van der Waals surface area contributed by atoms with Gasteiger partial charge in [-0.2, -0.15) is 0 Å². The average Bonchev–Trinajstić information content (AvgIpc) is 2.65. The van der Waals surface area contributed by atoms with E-state index in [0.29, 0.717) is 26.2 Å². The molecule has 0 spiro atoms. The number of hydrogen-bond donors (Lipinski definition) is 1. The third-order valence-electron chi connectivity index (χ3n) is 3.81. The molecule has 0 aliphatic carbocycles. The predicted molar refractivity (Wildman–Crippen MR) is 87.6 cm³/mol. The Morgan fingerprint density at radius 1 is 1.40 bits per heavy atom. The minimum atomic E-state index is -0.477. The molecule has 8 heteroatoms. The summed E-state index contributed by atoms with van der Waals surface area (Å²) in [5.74, 6) is -0.267. The Hall–Kier alpha value is -2.58. The number of aromatic nitrogens is 2. The summed E-state index contributed by atoms with van der Waals surface area (Å²) in [6.07, 6.45) is 2.56. The second-order valence-corrected chi connectivity index (χ2v) is 5.59. The van der Waals surface area contributed by atoms with Gasteiger partial charge in [0.15, 0.2) is 11.6 Å². The van der Waals surface area contributed by atoms with Gasteiger partial charge < -0.3 is 14.8 Å². The summed E-state index contributed by atoms with van der Waals surface area (Å²) in [5, 5.41) is 2.59. The highest BCUT2D eigenvalue weighted by atomic mass is 19.1. The molecule has 3 rings (SSSR count). The minimum absolute atomic E-state index is 0.103. The second kappa shape index (κ2) is 8.00. The van der Waals surface area contributed by atoms with Crippen LogP contribution in [0, 0.1) is 5.82 Å². The number of para-hydroxylation sites is 1. The first-order valence-corrected chi connectivity index (χ1v) is 7.94. The number of nitrogens with zero attached hydrogens (tertiary/aromatic N) is 3. The first-order chi connectivity index (χ1) is 12.2. The van der Waals surface area contributed by atoms with Gasteiger partial charge in [0.05, 0.1) is 24.7 Å². The highest BCUT2D eigenvalue weighted by Crippen LogP contribution is 2.21. The van der Waals surface area contributed by atoms with Crippen molar-refractivity contribution in [3.63, 3.8) is 0 Å². The van der Waals surface area contributed by atoms with E-state index in [2.05, 4.69) is 20.2 Å². The first kappa shape index (κ1) is 17.2. The van der Waals surface area contributed by atoms with E-state index < -0.39 is 11.9 Å². The Morgan fingerprint density at radius 2 is 2.24 bits per heavy atom. The van der Waals surface area contributed by atoms with E-state index in [1.807, 2.05) is 0 Å². The third kappa shape index (κ3) is 4.49. The number of rotatable bonds is 5. The zero-order valence-corrected chi connectivity index (χ0v) is 13.8. The van der Waals surface area contributed by atoms with E-state index in [-0.39, 0.29) is 17.5 Å². The molecule has 1 aromatic heterocycles. The van der Waals surface area contributed by atoms with Crippen molar-refractivity contribution in [2.75, 3.05) is 26.7 Å². The fourth-order valence-electron chi connectivity index (χ4n) is 2.51. The number of likely N-dealkylation sites (N-methyl/N-ethyl adjacent to an activating group) is 1. The molecule has 7 nitrogen and oxygen atoms in total. The van der Waals surface area contributed by atoms with Gasteiger partial charge in [-0.1, -0.05) is 12.1 Å². The molecule has 0 radical (unpaired) electrons. The lowest BCUT2D eigenvalue weighted by Crippen LogP contribution is -2.48. The summed E-state index contributed by atoms with van der Waals surface area (Å²) < 4.78 is 24.4. The Labute approximate surface area is 144 Å². The fraction of sp³-hybridized carbons (Fsp3) is 0.353. The van der Waals surface area contributed by atoms with Crippen molar-refractivity contribution in [1.82, 2.24) is 20.2 Å². The molecule has 0 saturated carbocycles. The number of nitrogens with one attached hydrogen (secondary N) is 1. The van der Waals surface area contributed by atoms with Crippen LogP contribution in [0.1, 0.15) is 5.69 Å². The second-order valence-electron chi connectivity index (χ2n) is 5.59. The number of hydrogen-bond acceptors (Lipinski definition) is 6. The molecular weight excluding hydrogens is 327 g/mol. The van der Waals surface area contributed by atoms with Gasteiger partial charge in [-0.3, -0.25) is 14.7 Å². The largest absolute Gasteiger partial charge is 0.434 e. The number of halogens is 1. The van der Waals surface area contributed by atoms with Crippen LogP contribution in [0.2, 0.25) is 0 Å². The zero-order valence-electron chi connectivity index (χ0n) is 13.8. The Morgan fingerprint density at radius 3 is 2.96 bits per heavy atom. The van der Waals surface area contributed by atoms with E-state index >= 15 is 0 Å². The molecule has 1 N–H and O–H groups in total. The van der Waals surface area contributed by atoms with Crippen LogP contribution in [0.5, 0.6) is 11.6 Å². The van der Waals surface area contributed by atoms with Crippen LogP contribution in [0.4, 0.5) is 4.39 Å². The molecule has 1 unspecified atom stereocenters. The van der Waals surface area contributed by atoms with Gasteiger partial charge >= 0.3 is 0 Å². The number of ether oxygens (including phenoxy) is 2. The van der Waals surface area contributed by atoms with Gasteiger partial charge in [0.1, 0.15) is 6.10 Å². The molecule has 1 atom stereocenters. The van der Waals surface area contributed by atoms with Crippen molar-refractivity contribution >= 4 is 5.91 Å². The van der Waals surface area contributed by atoms with E-state index in [1.54, 1.807) is 25.4 Å². The smallest absolute Gasteiger partial charge is 0.250 e. The minimum Gasteiger partial charge on any atom is -0.434 e. The summed E-state index contributed by atoms with van der Waals surface area (Å²) >= 11 is 0. The molecule has 1 aliphatic heterocycles. The van der Waals surface area contributed by atoms with Crippen LogP contribution in [0.25, 0.3) is 0 Å². The van der Waals surface area contributed by atoms with Crippen molar-refractivity contribution in [2.24, 2.45) is 0 Å². The SMILES string of the molecule is CNC(=O)C1CN(Cc2cnc(Oc3ccccc3F)cn2)CCO1. The summed E-state index contributed by atoms with van der Waals surface area (Å²) in [6, 6.07) is 6.11. The highest BCUT2D eigenvalue weighted by Gasteiger charge is 2.26. The molecule has 1 fully saturated rings. The number of amides is 1. The van der Waals surface area contributed by atoms with Crippen LogP contribution < -0.4 is 10.1 Å². The van der Waals surface area contributed by atoms with Gasteiger partial charge in [0, 0.05) is 26.7 Å². The van der Waals surface area contributed by atoms with Gasteiger partial charge in [-0.05, 0) is 12.1 Å². The van der Waals surface area contributed by atoms with E-state index in [9.17, 15) is 9.18 Å². The molecule has 1 aromatic carbocycles. The van der Waals surface area contributed by atoms with Gasteiger partial charge in [-0.25, -0.2) is 9.37 Å². The van der Waals surface area contributed by atoms with E-state index in [0.717, 1.165) is 5.69 Å². The standard InChI is InChI=1S/C17H19FN4O3/c1-19-17(23)15-11-22(6-7-24-15)10-12-8-21-16(9-20-12)25-14-5-3-2-4-13(14)18/h2-5,8-9,15H,6-7,10-11H2,1H3,(H,19,23). The van der Waals surface area contributed by atoms with E-state index in [4.69, 9.17) is 9.47 Å². The van der Waals surface area contributed by atoms with Crippen molar-refractivity contribution in [2.45, 2.75) is 12.6 Å². The number of carbonyl (C=O) groups excluding carboxylic acids is 1. The van der Waals surface area contributed by atoms with Crippen LogP contribution in [-0.4, -0.2) is 53.6 Å². The van der Waals surface area contributed by atoms with Gasteiger partial charge in [0.2, 0.25) is 11.8 Å². The summed E-state index contributed by atoms with van der Waals surface area (Å²) in [4.78, 5) is 22.2. The van der Waals surface area contributed by atoms with Crippen molar-refractivity contribution in [3.05, 3.63) is 48.2 Å². The van der Waals surface area contributed by atoms with Crippen molar-refractivity contribution in [3.8, 4) is 11.6 Å². The quantitative estimate of drug-likeness (QED) is 0.881. The molecule has 132 valence electrons. The molecule has 1 aliphatic rings. The lowest BCUT2D eigenvalue weighted by atomic mass is 10.2. The van der Waals surface area contributed by atoms with Gasteiger partial charge in [-0.15, -0.1) is 0 Å². The fourth-order valence-corrected chi connectivity index (χ4v) is 2.51. The van der Waals surface area contributed by atoms with Crippen LogP contribution in [-0.2, 0) is 16.1 Å². The van der Waals surface area contributed by atoms with Crippen LogP contribution in [0.3, 0.4) is 0 Å². The Kier molecular flexibility index (Phi) is 5.52. The number of morpholine rings is 1. The molecule has 2 aromatic rings. The average molecular weight is 346 g/mol. The van der Waals surface area contributed by atoms with Crippen molar-refractivity contribution in [1.29, 1.82) is 0 Å². The summed E-state index contributed by atoms with van der Waals surface area (Å²) in [6.45, 7) is 2.24. The van der Waals surface area contributed by atoms with Crippen LogP contribution >= 0.6 is 0 Å². The lowest BCUT2D eigenvalue weighted by molar-refractivity contribution is -0.138. The maximum atomic E-state index is 13.6. The molecule has 1 amide bonds. The molecule has 0 bridgehead atoms. The molecule has 1 saturated heterocycles. The molecular formula is C17H19FN4O3. The Balaban J connectivity index is 1.59. The maximum Gasteiger partial charge on any atom is 0.250 e. The molecule has 2 heterocycles. The van der Waals surface area contributed by atoms with E-state index in [1.165, 1.54) is 18.3 Å². The monoisotopic (exact) mass is 346 g/mol. The van der Waals surface area contributed by atoms with Gasteiger partial charge in [0.25, 0.3) is 0 Å².